The van der Waals surface area contributed by atoms with Crippen LogP contribution in [0.15, 0.2) is 78.9 Å². The smallest absolute Gasteiger partial charge is 0.355 e. The molecule has 4 aromatic rings. The number of rotatable bonds is 8. The third kappa shape index (κ3) is 8.71. The van der Waals surface area contributed by atoms with E-state index < -0.39 is 40.9 Å². The van der Waals surface area contributed by atoms with Crippen LogP contribution in [0.25, 0.3) is 17.0 Å². The highest BCUT2D eigenvalue weighted by Crippen LogP contribution is 2.40. The number of benzene rings is 3. The van der Waals surface area contributed by atoms with Gasteiger partial charge in [-0.15, -0.1) is 0 Å². The Bertz CT molecular complexity index is 1890. The summed E-state index contributed by atoms with van der Waals surface area (Å²) in [6.45, 7) is 1.82. The summed E-state index contributed by atoms with van der Waals surface area (Å²) < 4.78 is 121. The van der Waals surface area contributed by atoms with Crippen molar-refractivity contribution < 1.29 is 44.3 Å². The number of amides is 1. The Balaban J connectivity index is 1.23. The maximum Gasteiger partial charge on any atom is 0.433 e. The lowest BCUT2D eigenvalue weighted by Crippen LogP contribution is -2.48. The minimum absolute atomic E-state index is 0.119. The molecule has 1 saturated carbocycles. The van der Waals surface area contributed by atoms with Gasteiger partial charge < -0.3 is 15.1 Å². The number of piperidine rings is 1. The number of pyridine rings is 1. The first kappa shape index (κ1) is 37.2. The van der Waals surface area contributed by atoms with Crippen LogP contribution in [0.3, 0.4) is 0 Å². The van der Waals surface area contributed by atoms with Crippen molar-refractivity contribution in [2.75, 3.05) is 18.4 Å². The van der Waals surface area contributed by atoms with Crippen LogP contribution in [0, 0.1) is 0 Å². The molecule has 1 aromatic heterocycles. The molecule has 2 heterocycles. The zero-order chi connectivity index (χ0) is 37.3. The zero-order valence-corrected chi connectivity index (χ0v) is 27.8. The number of halogens is 9. The van der Waals surface area contributed by atoms with Crippen molar-refractivity contribution in [3.8, 4) is 0 Å². The molecule has 0 spiro atoms. The van der Waals surface area contributed by atoms with Gasteiger partial charge in [-0.3, -0.25) is 4.79 Å². The van der Waals surface area contributed by atoms with Crippen LogP contribution in [0.1, 0.15) is 66.5 Å². The summed E-state index contributed by atoms with van der Waals surface area (Å²) in [7, 11) is 0. The Morgan fingerprint density at radius 3 is 2.06 bits per heavy atom. The van der Waals surface area contributed by atoms with Gasteiger partial charge >= 0.3 is 18.5 Å². The van der Waals surface area contributed by atoms with Crippen LogP contribution in [-0.4, -0.2) is 45.9 Å². The molecule has 1 aliphatic heterocycles. The number of aromatic nitrogens is 1. The fraction of sp³-hybridized carbons (Fsp3) is 0.368. The van der Waals surface area contributed by atoms with E-state index >= 15 is 0 Å². The number of carbonyl (C=O) groups excluding carboxylic acids is 1. The second-order valence-corrected chi connectivity index (χ2v) is 13.2. The van der Waals surface area contributed by atoms with Gasteiger partial charge in [-0.25, -0.2) is 4.98 Å². The highest BCUT2D eigenvalue weighted by molar-refractivity contribution is 5.95. The van der Waals surface area contributed by atoms with Crippen molar-refractivity contribution in [1.29, 1.82) is 0 Å². The molecule has 2 fully saturated rings. The Hall–Kier alpha value is -4.59. The number of hydrogen-bond donors (Lipinski definition) is 1. The molecule has 0 atom stereocenters. The van der Waals surface area contributed by atoms with Crippen LogP contribution in [0.2, 0.25) is 0 Å². The van der Waals surface area contributed by atoms with Crippen molar-refractivity contribution in [3.05, 3.63) is 107 Å². The minimum atomic E-state index is -5.00. The lowest BCUT2D eigenvalue weighted by molar-refractivity contribution is -0.142. The summed E-state index contributed by atoms with van der Waals surface area (Å²) in [5.74, 6) is -0.329. The first-order valence-corrected chi connectivity index (χ1v) is 16.9. The highest BCUT2D eigenvalue weighted by atomic mass is 19.4. The second kappa shape index (κ2) is 14.8. The molecule has 276 valence electrons. The molecule has 1 N–H and O–H groups in total. The van der Waals surface area contributed by atoms with E-state index in [1.807, 2.05) is 0 Å². The maximum absolute atomic E-state index is 13.7. The number of nitrogens with zero attached hydrogens (tertiary/aromatic N) is 3. The van der Waals surface area contributed by atoms with Gasteiger partial charge in [0.1, 0.15) is 5.69 Å². The predicted octanol–water partition coefficient (Wildman–Crippen LogP) is 10.5. The molecule has 1 saturated heterocycles. The summed E-state index contributed by atoms with van der Waals surface area (Å²) in [5, 5.41) is 2.67. The Kier molecular flexibility index (Phi) is 10.6. The molecule has 14 heteroatoms. The van der Waals surface area contributed by atoms with Crippen LogP contribution in [0.4, 0.5) is 50.9 Å². The average molecular weight is 735 g/mol. The molecule has 2 aliphatic rings. The molecule has 1 aliphatic carbocycles. The van der Waals surface area contributed by atoms with E-state index in [2.05, 4.69) is 15.2 Å². The van der Waals surface area contributed by atoms with Gasteiger partial charge in [0.2, 0.25) is 5.91 Å². The lowest BCUT2D eigenvalue weighted by atomic mass is 9.99. The van der Waals surface area contributed by atoms with Crippen LogP contribution < -0.4 is 5.32 Å². The largest absolute Gasteiger partial charge is 0.433 e. The fourth-order valence-electron chi connectivity index (χ4n) is 7.04. The monoisotopic (exact) mass is 734 g/mol. The Labute approximate surface area is 294 Å². The van der Waals surface area contributed by atoms with E-state index in [1.165, 1.54) is 43.2 Å². The van der Waals surface area contributed by atoms with Crippen molar-refractivity contribution in [1.82, 2.24) is 14.8 Å². The van der Waals surface area contributed by atoms with E-state index in [0.29, 0.717) is 35.0 Å². The van der Waals surface area contributed by atoms with Crippen LogP contribution in [-0.2, 0) is 29.9 Å². The number of para-hydroxylation sites is 1. The van der Waals surface area contributed by atoms with Crippen molar-refractivity contribution in [2.24, 2.45) is 0 Å². The summed E-state index contributed by atoms with van der Waals surface area (Å²) >= 11 is 0. The van der Waals surface area contributed by atoms with Gasteiger partial charge in [0.15, 0.2) is 0 Å². The van der Waals surface area contributed by atoms with Gasteiger partial charge in [0.25, 0.3) is 0 Å². The Morgan fingerprint density at radius 2 is 1.46 bits per heavy atom. The normalized spacial score (nSPS) is 16.9. The molecule has 1 amide bonds. The number of nitrogens with one attached hydrogen (secondary N) is 1. The number of anilines is 2. The van der Waals surface area contributed by atoms with Gasteiger partial charge in [-0.1, -0.05) is 49.2 Å². The van der Waals surface area contributed by atoms with Crippen molar-refractivity contribution >= 4 is 34.3 Å². The van der Waals surface area contributed by atoms with Gasteiger partial charge in [0.05, 0.1) is 22.3 Å². The third-order valence-corrected chi connectivity index (χ3v) is 9.74. The van der Waals surface area contributed by atoms with E-state index in [1.54, 1.807) is 29.2 Å². The second-order valence-electron chi connectivity index (χ2n) is 13.2. The summed E-state index contributed by atoms with van der Waals surface area (Å²) in [6, 6.07) is 15.1. The lowest BCUT2D eigenvalue weighted by Gasteiger charge is -2.40. The zero-order valence-electron chi connectivity index (χ0n) is 27.8. The Morgan fingerprint density at radius 1 is 0.808 bits per heavy atom. The van der Waals surface area contributed by atoms with Gasteiger partial charge in [-0.05, 0) is 79.3 Å². The van der Waals surface area contributed by atoms with E-state index in [4.69, 9.17) is 0 Å². The summed E-state index contributed by atoms with van der Waals surface area (Å²) in [6.07, 6.45) is -5.45. The number of likely N-dealkylation sites (tertiary alicyclic amines) is 1. The molecule has 0 radical (unpaired) electrons. The van der Waals surface area contributed by atoms with E-state index in [-0.39, 0.29) is 29.6 Å². The van der Waals surface area contributed by atoms with Crippen LogP contribution in [0.5, 0.6) is 0 Å². The van der Waals surface area contributed by atoms with E-state index in [9.17, 15) is 44.3 Å². The van der Waals surface area contributed by atoms with E-state index in [0.717, 1.165) is 57.0 Å². The summed E-state index contributed by atoms with van der Waals surface area (Å²) in [5.41, 5.74) is -3.20. The van der Waals surface area contributed by atoms with Gasteiger partial charge in [0, 0.05) is 48.9 Å². The predicted molar refractivity (Wildman–Crippen MR) is 179 cm³/mol. The third-order valence-electron chi connectivity index (χ3n) is 9.74. The molecule has 6 rings (SSSR count). The molecular weight excluding hydrogens is 699 g/mol. The number of hydrogen-bond acceptors (Lipinski definition) is 4. The molecule has 52 heavy (non-hydrogen) atoms. The minimum Gasteiger partial charge on any atom is -0.355 e. The highest BCUT2D eigenvalue weighted by Gasteiger charge is 2.38. The SMILES string of the molecule is O=C(/C=C/c1ccc(C(F)(F)F)cc1)N(Cc1ccc(Nc2cc(C(F)(F)F)nc3c(C(F)(F)F)cccc23)cc1)C1CCN(C2CCCC2)CC1. The quantitative estimate of drug-likeness (QED) is 0.145. The first-order valence-electron chi connectivity index (χ1n) is 16.9. The summed E-state index contributed by atoms with van der Waals surface area (Å²) in [4.78, 5) is 21.2. The number of alkyl halides is 9. The molecule has 0 unspecified atom stereocenters. The molecular formula is C38H35F9N4O. The standard InChI is InChI=1S/C38H35F9N4O/c39-36(40,41)26-13-8-24(9-14-26)12-17-34(52)51(29-18-20-50(21-19-29)28-4-1-2-5-28)23-25-10-15-27(16-11-25)48-32-22-33(38(45,46)47)49-35-30(32)6-3-7-31(35)37(42,43)44/h3,6-17,22,28-29H,1-2,4-5,18-21,23H2,(H,48,49)/b17-12+. The molecule has 5 nitrogen and oxygen atoms in total. The molecule has 0 bridgehead atoms. The average Bonchev–Trinajstić information content (AvgIpc) is 3.64. The number of carbonyl (C=O) groups is 1. The molecule has 3 aromatic carbocycles. The fourth-order valence-corrected chi connectivity index (χ4v) is 7.04. The topological polar surface area (TPSA) is 48.5 Å². The number of fused-ring (bicyclic) bond motifs is 1. The van der Waals surface area contributed by atoms with Crippen molar-refractivity contribution in [2.45, 2.75) is 75.7 Å². The maximum atomic E-state index is 13.7. The van der Waals surface area contributed by atoms with Gasteiger partial charge in [-0.2, -0.15) is 39.5 Å². The van der Waals surface area contributed by atoms with Crippen LogP contribution >= 0.6 is 0 Å². The van der Waals surface area contributed by atoms with Crippen molar-refractivity contribution in [3.63, 3.8) is 0 Å². The first-order chi connectivity index (χ1) is 24.6.